The molecule has 0 saturated carbocycles. The molecule has 3 N–H and O–H groups in total. The maximum Gasteiger partial charge on any atom is 0.305 e. The first-order chi connectivity index (χ1) is 20.9. The van der Waals surface area contributed by atoms with Gasteiger partial charge in [-0.25, -0.2) is 4.39 Å². The minimum atomic E-state index is -1.04. The molecule has 2 amide bonds. The summed E-state index contributed by atoms with van der Waals surface area (Å²) < 4.78 is 17.7. The number of aliphatic carboxylic acids is 1. The van der Waals surface area contributed by atoms with Crippen LogP contribution in [0.3, 0.4) is 0 Å². The van der Waals surface area contributed by atoms with Gasteiger partial charge in [-0.15, -0.1) is 0 Å². The van der Waals surface area contributed by atoms with E-state index >= 15 is 0 Å². The zero-order valence-corrected chi connectivity index (χ0v) is 24.6. The van der Waals surface area contributed by atoms with E-state index in [1.165, 1.54) is 0 Å². The Labute approximate surface area is 252 Å². The van der Waals surface area contributed by atoms with E-state index in [0.29, 0.717) is 55.3 Å². The molecule has 2 fully saturated rings. The minimum absolute atomic E-state index is 0.0184. The highest BCUT2D eigenvalue weighted by atomic mass is 19.1. The summed E-state index contributed by atoms with van der Waals surface area (Å²) in [4.78, 5) is 48.5. The van der Waals surface area contributed by atoms with Gasteiger partial charge in [-0.05, 0) is 74.4 Å². The lowest BCUT2D eigenvalue weighted by atomic mass is 9.92. The lowest BCUT2D eigenvalue weighted by Gasteiger charge is -2.33. The van der Waals surface area contributed by atoms with Crippen LogP contribution in [0.4, 0.5) is 10.1 Å². The Bertz CT molecular complexity index is 1250. The lowest BCUT2D eigenvalue weighted by molar-refractivity contribution is -0.138. The summed E-state index contributed by atoms with van der Waals surface area (Å²) >= 11 is 0. The molecule has 2 aliphatic rings. The SMILES string of the molecule is O=C(O)CC(NC(=O)C1CCCN(C(=O)CCC2CCNCC2)C1)c1cncc(CC=Nc2cccc(OCCF)c2)c1. The van der Waals surface area contributed by atoms with E-state index in [1.807, 2.05) is 6.07 Å². The molecule has 2 saturated heterocycles. The number of rotatable bonds is 14. The second-order valence-electron chi connectivity index (χ2n) is 11.2. The Morgan fingerprint density at radius 2 is 2.05 bits per heavy atom. The van der Waals surface area contributed by atoms with Gasteiger partial charge >= 0.3 is 5.97 Å². The summed E-state index contributed by atoms with van der Waals surface area (Å²) in [6, 6.07) is 8.10. The van der Waals surface area contributed by atoms with E-state index in [2.05, 4.69) is 20.6 Å². The molecule has 2 aromatic rings. The summed E-state index contributed by atoms with van der Waals surface area (Å²) in [6.07, 6.45) is 10.0. The van der Waals surface area contributed by atoms with E-state index < -0.39 is 18.7 Å². The molecular formula is C32H42FN5O5. The molecule has 11 heteroatoms. The van der Waals surface area contributed by atoms with E-state index in [4.69, 9.17) is 4.74 Å². The third-order valence-electron chi connectivity index (χ3n) is 8.01. The number of amides is 2. The van der Waals surface area contributed by atoms with Crippen molar-refractivity contribution in [2.75, 3.05) is 39.5 Å². The van der Waals surface area contributed by atoms with E-state index in [0.717, 1.165) is 44.3 Å². The highest BCUT2D eigenvalue weighted by molar-refractivity contribution is 5.82. The largest absolute Gasteiger partial charge is 0.491 e. The number of hydrogen-bond donors (Lipinski definition) is 3. The Balaban J connectivity index is 1.34. The molecule has 0 radical (unpaired) electrons. The van der Waals surface area contributed by atoms with Gasteiger partial charge in [0.2, 0.25) is 11.8 Å². The molecule has 10 nitrogen and oxygen atoms in total. The van der Waals surface area contributed by atoms with Crippen molar-refractivity contribution < 1.29 is 28.6 Å². The van der Waals surface area contributed by atoms with Crippen LogP contribution in [-0.2, 0) is 20.8 Å². The topological polar surface area (TPSA) is 133 Å². The minimum Gasteiger partial charge on any atom is -0.491 e. The summed E-state index contributed by atoms with van der Waals surface area (Å²) in [5, 5.41) is 15.9. The highest BCUT2D eigenvalue weighted by Gasteiger charge is 2.30. The molecule has 1 aromatic heterocycles. The number of carbonyl (C=O) groups excluding carboxylic acids is 2. The fourth-order valence-electron chi connectivity index (χ4n) is 5.67. The Hall–Kier alpha value is -3.86. The van der Waals surface area contributed by atoms with Crippen molar-refractivity contribution in [1.82, 2.24) is 20.5 Å². The van der Waals surface area contributed by atoms with E-state index in [1.54, 1.807) is 47.8 Å². The first kappa shape index (κ1) is 32.1. The van der Waals surface area contributed by atoms with Gasteiger partial charge in [0, 0.05) is 50.6 Å². The normalized spacial score (nSPS) is 18.3. The van der Waals surface area contributed by atoms with Gasteiger partial charge in [-0.1, -0.05) is 12.1 Å². The molecule has 2 unspecified atom stereocenters. The van der Waals surface area contributed by atoms with Crippen molar-refractivity contribution in [2.45, 2.75) is 57.4 Å². The summed E-state index contributed by atoms with van der Waals surface area (Å²) in [7, 11) is 0. The molecule has 0 spiro atoms. The summed E-state index contributed by atoms with van der Waals surface area (Å²) in [5.74, 6) is -0.475. The molecule has 43 heavy (non-hydrogen) atoms. The number of nitrogens with one attached hydrogen (secondary N) is 2. The number of halogens is 1. The molecule has 0 aliphatic carbocycles. The summed E-state index contributed by atoms with van der Waals surface area (Å²) in [5.41, 5.74) is 2.05. The van der Waals surface area contributed by atoms with Crippen LogP contribution in [0, 0.1) is 11.8 Å². The Morgan fingerprint density at radius 1 is 1.21 bits per heavy atom. The predicted octanol–water partition coefficient (Wildman–Crippen LogP) is 4.03. The van der Waals surface area contributed by atoms with Crippen molar-refractivity contribution in [1.29, 1.82) is 0 Å². The number of likely N-dealkylation sites (tertiary alicyclic amines) is 1. The number of pyridine rings is 1. The molecule has 3 heterocycles. The van der Waals surface area contributed by atoms with Gasteiger partial charge < -0.3 is 25.4 Å². The number of carboxylic acids is 1. The predicted molar refractivity (Wildman–Crippen MR) is 161 cm³/mol. The number of ether oxygens (including phenoxy) is 1. The third-order valence-corrected chi connectivity index (χ3v) is 8.01. The van der Waals surface area contributed by atoms with Gasteiger partial charge in [-0.2, -0.15) is 0 Å². The molecule has 232 valence electrons. The number of alkyl halides is 1. The van der Waals surface area contributed by atoms with E-state index in [-0.39, 0.29) is 30.8 Å². The summed E-state index contributed by atoms with van der Waals surface area (Å²) in [6.45, 7) is 2.42. The van der Waals surface area contributed by atoms with Crippen LogP contribution in [0.15, 0.2) is 47.7 Å². The molecule has 2 atom stereocenters. The van der Waals surface area contributed by atoms with Gasteiger partial charge in [-0.3, -0.25) is 24.4 Å². The Kier molecular flexibility index (Phi) is 12.4. The molecule has 2 aliphatic heterocycles. The zero-order valence-electron chi connectivity index (χ0n) is 24.6. The second kappa shape index (κ2) is 16.7. The van der Waals surface area contributed by atoms with Crippen molar-refractivity contribution >= 4 is 29.7 Å². The maximum atomic E-state index is 13.3. The monoisotopic (exact) mass is 595 g/mol. The van der Waals surface area contributed by atoms with Gasteiger partial charge in [0.15, 0.2) is 0 Å². The number of aromatic nitrogens is 1. The van der Waals surface area contributed by atoms with Crippen molar-refractivity contribution in [2.24, 2.45) is 16.8 Å². The van der Waals surface area contributed by atoms with Crippen LogP contribution in [0.5, 0.6) is 5.75 Å². The fraction of sp³-hybridized carbons (Fsp3) is 0.531. The lowest BCUT2D eigenvalue weighted by Crippen LogP contribution is -2.46. The highest BCUT2D eigenvalue weighted by Crippen LogP contribution is 2.24. The molecular weight excluding hydrogens is 553 g/mol. The van der Waals surface area contributed by atoms with Crippen LogP contribution < -0.4 is 15.4 Å². The standard InChI is InChI=1S/C32H42FN5O5/c33-11-16-43-28-5-1-4-27(18-28)36-14-10-24-17-26(21-35-20-24)29(19-31(40)41)37-32(42)25-3-2-15-38(22-25)30(39)7-6-23-8-12-34-13-9-23/h1,4-5,14,17-18,20-21,23,25,29,34H,2-3,6-13,15-16,19,22H2,(H,37,42)(H,40,41). The van der Waals surface area contributed by atoms with Gasteiger partial charge in [0.25, 0.3) is 0 Å². The fourth-order valence-corrected chi connectivity index (χ4v) is 5.67. The number of carbonyl (C=O) groups is 3. The zero-order chi connectivity index (χ0) is 30.4. The number of aliphatic imine (C=N–C) groups is 1. The van der Waals surface area contributed by atoms with Crippen LogP contribution in [0.2, 0.25) is 0 Å². The van der Waals surface area contributed by atoms with Crippen molar-refractivity contribution in [3.05, 3.63) is 53.9 Å². The maximum absolute atomic E-state index is 13.3. The first-order valence-corrected chi connectivity index (χ1v) is 15.2. The number of nitrogens with zero attached hydrogens (tertiary/aromatic N) is 3. The van der Waals surface area contributed by atoms with Crippen molar-refractivity contribution in [3.8, 4) is 5.75 Å². The smallest absolute Gasteiger partial charge is 0.305 e. The molecule has 0 bridgehead atoms. The first-order valence-electron chi connectivity index (χ1n) is 15.2. The van der Waals surface area contributed by atoms with Crippen LogP contribution in [0.25, 0.3) is 0 Å². The Morgan fingerprint density at radius 3 is 2.84 bits per heavy atom. The van der Waals surface area contributed by atoms with Gasteiger partial charge in [0.1, 0.15) is 19.0 Å². The van der Waals surface area contributed by atoms with Crippen LogP contribution in [0.1, 0.15) is 62.1 Å². The van der Waals surface area contributed by atoms with Crippen LogP contribution in [-0.4, -0.2) is 78.4 Å². The van der Waals surface area contributed by atoms with Crippen LogP contribution >= 0.6 is 0 Å². The number of benzene rings is 1. The van der Waals surface area contributed by atoms with Gasteiger partial charge in [0.05, 0.1) is 24.1 Å². The molecule has 1 aromatic carbocycles. The average molecular weight is 596 g/mol. The second-order valence-corrected chi connectivity index (χ2v) is 11.2. The number of piperidine rings is 2. The third kappa shape index (κ3) is 10.4. The number of carboxylic acid groups (broad SMARTS) is 1. The van der Waals surface area contributed by atoms with Crippen molar-refractivity contribution in [3.63, 3.8) is 0 Å². The number of hydrogen-bond acceptors (Lipinski definition) is 7. The molecule has 4 rings (SSSR count). The quantitative estimate of drug-likeness (QED) is 0.281. The van der Waals surface area contributed by atoms with E-state index in [9.17, 15) is 23.9 Å². The average Bonchev–Trinajstić information content (AvgIpc) is 3.03.